The van der Waals surface area contributed by atoms with Crippen LogP contribution in [0.2, 0.25) is 10.0 Å². The highest BCUT2D eigenvalue weighted by Crippen LogP contribution is 2.33. The number of nitrogens with zero attached hydrogens (tertiary/aromatic N) is 2. The summed E-state index contributed by atoms with van der Waals surface area (Å²) in [5.74, 6) is -0.750. The van der Waals surface area contributed by atoms with Gasteiger partial charge in [0.15, 0.2) is 0 Å². The minimum atomic E-state index is -4.22. The molecule has 0 aromatic heterocycles. The van der Waals surface area contributed by atoms with Gasteiger partial charge < -0.3 is 10.2 Å². The van der Waals surface area contributed by atoms with Gasteiger partial charge in [-0.25, -0.2) is 8.42 Å². The van der Waals surface area contributed by atoms with Gasteiger partial charge in [-0.05, 0) is 62.1 Å². The molecular weight excluding hydrogens is 593 g/mol. The largest absolute Gasteiger partial charge is 0.352 e. The van der Waals surface area contributed by atoms with Crippen LogP contribution < -0.4 is 9.62 Å². The summed E-state index contributed by atoms with van der Waals surface area (Å²) >= 11 is 12.6. The standard InChI is InChI=1S/C32H37Cl2N3O4S/c1-3-29(32(39)35-26-13-6-4-7-14-26)36(21-24-12-10-11-23(2)19-24)31(38)22-37(30-18-17-25(33)20-28(30)34)42(40,41)27-15-8-5-9-16-27/h5,8-12,15-20,26,29H,3-4,6-7,13-14,21-22H2,1-2H3,(H,35,39)/t29-/m1/s1. The van der Waals surface area contributed by atoms with Crippen LogP contribution >= 0.6 is 23.2 Å². The second-order valence-electron chi connectivity index (χ2n) is 10.7. The first-order valence-electron chi connectivity index (χ1n) is 14.3. The topological polar surface area (TPSA) is 86.8 Å². The molecule has 1 aliphatic carbocycles. The maximum atomic E-state index is 14.2. The number of carbonyl (C=O) groups excluding carboxylic acids is 2. The van der Waals surface area contributed by atoms with E-state index in [2.05, 4.69) is 5.32 Å². The summed E-state index contributed by atoms with van der Waals surface area (Å²) < 4.78 is 28.9. The molecule has 0 bridgehead atoms. The van der Waals surface area contributed by atoms with Gasteiger partial charge in [0, 0.05) is 17.6 Å². The van der Waals surface area contributed by atoms with Crippen LogP contribution in [-0.2, 0) is 26.2 Å². The average Bonchev–Trinajstić information content (AvgIpc) is 2.97. The van der Waals surface area contributed by atoms with Crippen LogP contribution in [0.25, 0.3) is 0 Å². The SMILES string of the molecule is CC[C@H](C(=O)NC1CCCCC1)N(Cc1cccc(C)c1)C(=O)CN(c1ccc(Cl)cc1Cl)S(=O)(=O)c1ccccc1. The first-order chi connectivity index (χ1) is 20.1. The van der Waals surface area contributed by atoms with Crippen LogP contribution in [0.4, 0.5) is 5.69 Å². The number of sulfonamides is 1. The van der Waals surface area contributed by atoms with Crippen molar-refractivity contribution in [3.8, 4) is 0 Å². The third-order valence-electron chi connectivity index (χ3n) is 7.56. The third kappa shape index (κ3) is 7.85. The number of hydrogen-bond acceptors (Lipinski definition) is 4. The Labute approximate surface area is 258 Å². The summed E-state index contributed by atoms with van der Waals surface area (Å²) in [5.41, 5.74) is 1.98. The van der Waals surface area contributed by atoms with E-state index >= 15 is 0 Å². The van der Waals surface area contributed by atoms with E-state index in [0.717, 1.165) is 47.5 Å². The van der Waals surface area contributed by atoms with E-state index < -0.39 is 28.5 Å². The van der Waals surface area contributed by atoms with Gasteiger partial charge in [-0.15, -0.1) is 0 Å². The molecule has 1 atom stereocenters. The number of halogens is 2. The highest BCUT2D eigenvalue weighted by molar-refractivity contribution is 7.92. The fourth-order valence-corrected chi connectivity index (χ4v) is 7.40. The molecule has 1 aliphatic rings. The van der Waals surface area contributed by atoms with Crippen LogP contribution in [-0.4, -0.2) is 43.8 Å². The van der Waals surface area contributed by atoms with Crippen LogP contribution in [0.3, 0.4) is 0 Å². The summed E-state index contributed by atoms with van der Waals surface area (Å²) in [6.45, 7) is 3.40. The molecule has 3 aromatic rings. The van der Waals surface area contributed by atoms with Crippen LogP contribution in [0.1, 0.15) is 56.6 Å². The zero-order chi connectivity index (χ0) is 30.3. The zero-order valence-electron chi connectivity index (χ0n) is 23.9. The Morgan fingerprint density at radius 3 is 2.31 bits per heavy atom. The molecular formula is C32H37Cl2N3O4S. The fraction of sp³-hybridized carbons (Fsp3) is 0.375. The van der Waals surface area contributed by atoms with Crippen molar-refractivity contribution in [2.24, 2.45) is 0 Å². The van der Waals surface area contributed by atoms with Gasteiger partial charge in [0.2, 0.25) is 11.8 Å². The number of carbonyl (C=O) groups is 2. The Kier molecular flexibility index (Phi) is 10.9. The van der Waals surface area contributed by atoms with Gasteiger partial charge >= 0.3 is 0 Å². The Bertz CT molecular complexity index is 1490. The Hall–Kier alpha value is -3.07. The van der Waals surface area contributed by atoms with Crippen molar-refractivity contribution < 1.29 is 18.0 Å². The predicted molar refractivity (Wildman–Crippen MR) is 168 cm³/mol. The number of aryl methyl sites for hydroxylation is 1. The van der Waals surface area contributed by atoms with Crippen molar-refractivity contribution in [1.82, 2.24) is 10.2 Å². The maximum Gasteiger partial charge on any atom is 0.264 e. The Morgan fingerprint density at radius 2 is 1.67 bits per heavy atom. The van der Waals surface area contributed by atoms with E-state index in [0.29, 0.717) is 11.4 Å². The lowest BCUT2D eigenvalue weighted by Crippen LogP contribution is -2.54. The van der Waals surface area contributed by atoms with Gasteiger partial charge in [0.25, 0.3) is 10.0 Å². The quantitative estimate of drug-likeness (QED) is 0.254. The summed E-state index contributed by atoms with van der Waals surface area (Å²) in [7, 11) is -4.22. The summed E-state index contributed by atoms with van der Waals surface area (Å²) in [6, 6.07) is 19.3. The average molecular weight is 631 g/mol. The van der Waals surface area contributed by atoms with Crippen molar-refractivity contribution in [3.05, 3.63) is 94.0 Å². The smallest absolute Gasteiger partial charge is 0.264 e. The molecule has 3 aromatic carbocycles. The molecule has 7 nitrogen and oxygen atoms in total. The molecule has 4 rings (SSSR count). The molecule has 0 saturated heterocycles. The second kappa shape index (κ2) is 14.4. The van der Waals surface area contributed by atoms with Crippen LogP contribution in [0.5, 0.6) is 0 Å². The normalized spacial score (nSPS) is 14.7. The molecule has 0 aliphatic heterocycles. The number of hydrogen-bond donors (Lipinski definition) is 1. The highest BCUT2D eigenvalue weighted by Gasteiger charge is 2.35. The molecule has 1 fully saturated rings. The molecule has 224 valence electrons. The molecule has 0 radical (unpaired) electrons. The van der Waals surface area contributed by atoms with Gasteiger partial charge in [-0.1, -0.05) is 97.4 Å². The molecule has 42 heavy (non-hydrogen) atoms. The molecule has 1 saturated carbocycles. The molecule has 0 unspecified atom stereocenters. The van der Waals surface area contributed by atoms with Crippen LogP contribution in [0, 0.1) is 6.92 Å². The van der Waals surface area contributed by atoms with E-state index in [9.17, 15) is 18.0 Å². The fourth-order valence-electron chi connectivity index (χ4n) is 5.39. The zero-order valence-corrected chi connectivity index (χ0v) is 26.3. The van der Waals surface area contributed by atoms with Crippen molar-refractivity contribution in [3.63, 3.8) is 0 Å². The molecule has 10 heteroatoms. The van der Waals surface area contributed by atoms with Crippen LogP contribution in [0.15, 0.2) is 77.7 Å². The van der Waals surface area contributed by atoms with E-state index in [1.807, 2.05) is 38.1 Å². The van der Waals surface area contributed by atoms with Gasteiger partial charge in [0.1, 0.15) is 12.6 Å². The van der Waals surface area contributed by atoms with E-state index in [4.69, 9.17) is 23.2 Å². The Balaban J connectivity index is 1.72. The van der Waals surface area contributed by atoms with Crippen molar-refractivity contribution in [2.75, 3.05) is 10.8 Å². The summed E-state index contributed by atoms with van der Waals surface area (Å²) in [6.07, 6.45) is 5.45. The van der Waals surface area contributed by atoms with Crippen molar-refractivity contribution >= 4 is 50.7 Å². The van der Waals surface area contributed by atoms with E-state index in [1.54, 1.807) is 18.2 Å². The van der Waals surface area contributed by atoms with E-state index in [1.165, 1.54) is 35.2 Å². The monoisotopic (exact) mass is 629 g/mol. The van der Waals surface area contributed by atoms with Crippen molar-refractivity contribution in [2.45, 2.75) is 75.9 Å². The third-order valence-corrected chi connectivity index (χ3v) is 9.87. The number of benzene rings is 3. The van der Waals surface area contributed by atoms with Gasteiger partial charge in [-0.3, -0.25) is 13.9 Å². The first-order valence-corrected chi connectivity index (χ1v) is 16.5. The molecule has 1 N–H and O–H groups in total. The first kappa shape index (κ1) is 31.9. The minimum absolute atomic E-state index is 0.0103. The summed E-state index contributed by atoms with van der Waals surface area (Å²) in [4.78, 5) is 29.4. The van der Waals surface area contributed by atoms with E-state index in [-0.39, 0.29) is 34.1 Å². The molecule has 2 amide bonds. The predicted octanol–water partition coefficient (Wildman–Crippen LogP) is 6.75. The lowest BCUT2D eigenvalue weighted by Gasteiger charge is -2.34. The Morgan fingerprint density at radius 1 is 0.952 bits per heavy atom. The van der Waals surface area contributed by atoms with Gasteiger partial charge in [-0.2, -0.15) is 0 Å². The second-order valence-corrected chi connectivity index (χ2v) is 13.4. The minimum Gasteiger partial charge on any atom is -0.352 e. The number of amides is 2. The lowest BCUT2D eigenvalue weighted by atomic mass is 9.95. The van der Waals surface area contributed by atoms with Crippen molar-refractivity contribution in [1.29, 1.82) is 0 Å². The number of anilines is 1. The lowest BCUT2D eigenvalue weighted by molar-refractivity contribution is -0.140. The summed E-state index contributed by atoms with van der Waals surface area (Å²) in [5, 5.41) is 3.58. The molecule has 0 spiro atoms. The van der Waals surface area contributed by atoms with Gasteiger partial charge in [0.05, 0.1) is 15.6 Å². The maximum absolute atomic E-state index is 14.2. The molecule has 0 heterocycles. The highest BCUT2D eigenvalue weighted by atomic mass is 35.5. The number of nitrogens with one attached hydrogen (secondary N) is 1. The number of rotatable bonds is 11.